The van der Waals surface area contributed by atoms with Gasteiger partial charge >= 0.3 is 19.8 Å². The number of esters is 2. The predicted molar refractivity (Wildman–Crippen MR) is 261 cm³/mol. The van der Waals surface area contributed by atoms with Gasteiger partial charge in [-0.15, -0.1) is 0 Å². The molecule has 0 bridgehead atoms. The van der Waals surface area contributed by atoms with Gasteiger partial charge in [-0.05, 0) is 70.6 Å². The molecule has 364 valence electrons. The smallest absolute Gasteiger partial charge is 0.462 e. The largest absolute Gasteiger partial charge is 0.472 e. The maximum atomic E-state index is 12.8. The van der Waals surface area contributed by atoms with Crippen LogP contribution in [0.3, 0.4) is 0 Å². The molecule has 0 aromatic heterocycles. The number of rotatable bonds is 47. The molecule has 0 rings (SSSR count). The number of quaternary nitrogens is 1. The van der Waals surface area contributed by atoms with E-state index in [1.807, 2.05) is 21.1 Å². The molecule has 0 aliphatic carbocycles. The van der Waals surface area contributed by atoms with Gasteiger partial charge in [0.2, 0.25) is 0 Å². The first kappa shape index (κ1) is 60.2. The van der Waals surface area contributed by atoms with Crippen molar-refractivity contribution in [2.75, 3.05) is 47.5 Å². The van der Waals surface area contributed by atoms with Gasteiger partial charge in [0.15, 0.2) is 6.10 Å². The lowest BCUT2D eigenvalue weighted by atomic mass is 10.0. The van der Waals surface area contributed by atoms with Crippen LogP contribution in [0.4, 0.5) is 0 Å². The molecule has 0 spiro atoms. The second-order valence-corrected chi connectivity index (χ2v) is 20.0. The number of carbonyl (C=O) groups is 2. The zero-order valence-electron chi connectivity index (χ0n) is 41.1. The number of hydrogen-bond donors (Lipinski definition) is 1. The highest BCUT2D eigenvalue weighted by Gasteiger charge is 2.27. The summed E-state index contributed by atoms with van der Waals surface area (Å²) < 4.78 is 34.4. The number of allylic oxidation sites excluding steroid dienone is 6. The third-order valence-corrected chi connectivity index (χ3v) is 12.1. The number of phosphoric acid groups is 1. The molecule has 0 aromatic carbocycles. The first-order chi connectivity index (χ1) is 30.0. The van der Waals surface area contributed by atoms with Crippen molar-refractivity contribution in [2.24, 2.45) is 0 Å². The molecule has 10 heteroatoms. The van der Waals surface area contributed by atoms with Crippen LogP contribution >= 0.6 is 7.82 Å². The first-order valence-corrected chi connectivity index (χ1v) is 27.2. The summed E-state index contributed by atoms with van der Waals surface area (Å²) in [6.07, 6.45) is 51.9. The van der Waals surface area contributed by atoms with E-state index in [9.17, 15) is 19.0 Å². The molecule has 0 amide bonds. The average molecular weight is 897 g/mol. The van der Waals surface area contributed by atoms with E-state index in [0.29, 0.717) is 17.4 Å². The molecule has 9 nitrogen and oxygen atoms in total. The molecule has 0 saturated heterocycles. The quantitative estimate of drug-likeness (QED) is 0.0212. The topological polar surface area (TPSA) is 108 Å². The lowest BCUT2D eigenvalue weighted by Gasteiger charge is -2.24. The van der Waals surface area contributed by atoms with Crippen molar-refractivity contribution in [1.82, 2.24) is 0 Å². The highest BCUT2D eigenvalue weighted by molar-refractivity contribution is 7.47. The van der Waals surface area contributed by atoms with Gasteiger partial charge in [0, 0.05) is 12.8 Å². The second-order valence-electron chi connectivity index (χ2n) is 18.5. The number of phosphoric ester groups is 1. The number of ether oxygens (including phenoxy) is 2. The van der Waals surface area contributed by atoms with Crippen LogP contribution in [-0.2, 0) is 32.7 Å². The third kappa shape index (κ3) is 47.7. The lowest BCUT2D eigenvalue weighted by Crippen LogP contribution is -2.37. The monoisotopic (exact) mass is 897 g/mol. The van der Waals surface area contributed by atoms with E-state index in [-0.39, 0.29) is 32.0 Å². The van der Waals surface area contributed by atoms with Crippen molar-refractivity contribution in [3.05, 3.63) is 36.5 Å². The normalized spacial score (nSPS) is 13.7. The highest BCUT2D eigenvalue weighted by atomic mass is 31.2. The lowest BCUT2D eigenvalue weighted by molar-refractivity contribution is -0.870. The number of unbranched alkanes of at least 4 members (excludes halogenated alkanes) is 27. The standard InChI is InChI=1S/C52H98NO8P/c1-6-8-10-12-14-16-18-20-22-23-24-25-26-27-28-29-31-33-35-37-39-41-43-45-52(55)61-50(49-60-62(56,57)59-47-46-53(3,4)5)48-58-51(54)44-42-40-38-36-34-32-30-21-19-17-15-13-11-9-7-2/h18,20-21,23-24,30,50H,6-17,19,22,25-29,31-49H2,1-5H3/p+1/b20-18-,24-23-,30-21-. The van der Waals surface area contributed by atoms with Gasteiger partial charge in [-0.25, -0.2) is 4.57 Å². The minimum atomic E-state index is -4.38. The Hall–Kier alpha value is -1.77. The van der Waals surface area contributed by atoms with Gasteiger partial charge in [-0.3, -0.25) is 18.6 Å². The maximum absolute atomic E-state index is 12.8. The molecule has 2 atom stereocenters. The van der Waals surface area contributed by atoms with Gasteiger partial charge in [0.05, 0.1) is 27.7 Å². The molecule has 0 fully saturated rings. The van der Waals surface area contributed by atoms with Gasteiger partial charge in [-0.2, -0.15) is 0 Å². The Balaban J connectivity index is 4.23. The first-order valence-electron chi connectivity index (χ1n) is 25.7. The minimum Gasteiger partial charge on any atom is -0.462 e. The van der Waals surface area contributed by atoms with Crippen molar-refractivity contribution in [3.8, 4) is 0 Å². The van der Waals surface area contributed by atoms with Crippen LogP contribution in [-0.4, -0.2) is 74.9 Å². The van der Waals surface area contributed by atoms with E-state index >= 15 is 0 Å². The van der Waals surface area contributed by atoms with Gasteiger partial charge in [0.1, 0.15) is 19.8 Å². The van der Waals surface area contributed by atoms with Crippen LogP contribution in [0.25, 0.3) is 0 Å². The Labute approximate surface area is 382 Å². The molecule has 1 N–H and O–H groups in total. The fourth-order valence-electron chi connectivity index (χ4n) is 7.10. The van der Waals surface area contributed by atoms with Crippen molar-refractivity contribution in [1.29, 1.82) is 0 Å². The summed E-state index contributed by atoms with van der Waals surface area (Å²) in [7, 11) is 1.47. The van der Waals surface area contributed by atoms with Crippen molar-refractivity contribution in [3.63, 3.8) is 0 Å². The van der Waals surface area contributed by atoms with E-state index in [0.717, 1.165) is 64.2 Å². The summed E-state index contributed by atoms with van der Waals surface area (Å²) in [6.45, 7) is 4.42. The summed E-state index contributed by atoms with van der Waals surface area (Å²) >= 11 is 0. The van der Waals surface area contributed by atoms with Gasteiger partial charge in [-0.1, -0.05) is 185 Å². The molecule has 62 heavy (non-hydrogen) atoms. The number of likely N-dealkylation sites (N-methyl/N-ethyl adjacent to an activating group) is 1. The highest BCUT2D eigenvalue weighted by Crippen LogP contribution is 2.43. The Morgan fingerprint density at radius 3 is 1.29 bits per heavy atom. The molecule has 2 unspecified atom stereocenters. The zero-order chi connectivity index (χ0) is 45.7. The van der Waals surface area contributed by atoms with Crippen LogP contribution < -0.4 is 0 Å². The maximum Gasteiger partial charge on any atom is 0.472 e. The minimum absolute atomic E-state index is 0.0304. The van der Waals surface area contributed by atoms with E-state index in [1.165, 1.54) is 135 Å². The summed E-state index contributed by atoms with van der Waals surface area (Å²) in [4.78, 5) is 35.5. The van der Waals surface area contributed by atoms with E-state index in [1.54, 1.807) is 0 Å². The number of nitrogens with zero attached hydrogens (tertiary/aromatic N) is 1. The zero-order valence-corrected chi connectivity index (χ0v) is 42.0. The van der Waals surface area contributed by atoms with Crippen molar-refractivity contribution >= 4 is 19.8 Å². The summed E-state index contributed by atoms with van der Waals surface area (Å²) in [5.41, 5.74) is 0. The summed E-state index contributed by atoms with van der Waals surface area (Å²) in [6, 6.07) is 0. The number of carbonyl (C=O) groups excluding carboxylic acids is 2. The molecule has 0 aliphatic heterocycles. The molecule has 0 heterocycles. The molecular formula is C52H99NO8P+. The SMILES string of the molecule is CCCCCCC/C=C\C/C=C\CCCCCCCCCCCCCC(=O)OC(COC(=O)CCCCCCC/C=C\CCCCCCCC)COP(=O)(O)OCC[N+](C)(C)C. The van der Waals surface area contributed by atoms with Crippen molar-refractivity contribution in [2.45, 2.75) is 238 Å². The Morgan fingerprint density at radius 1 is 0.500 bits per heavy atom. The Bertz CT molecular complexity index is 1150. The Kier molecular flexibility index (Phi) is 43.2. The van der Waals surface area contributed by atoms with Crippen LogP contribution in [0.15, 0.2) is 36.5 Å². The van der Waals surface area contributed by atoms with Crippen LogP contribution in [0, 0.1) is 0 Å². The van der Waals surface area contributed by atoms with Crippen LogP contribution in [0.5, 0.6) is 0 Å². The van der Waals surface area contributed by atoms with Crippen LogP contribution in [0.2, 0.25) is 0 Å². The van der Waals surface area contributed by atoms with Crippen molar-refractivity contribution < 1.29 is 42.1 Å². The van der Waals surface area contributed by atoms with Gasteiger partial charge in [0.25, 0.3) is 0 Å². The van der Waals surface area contributed by atoms with Gasteiger partial charge < -0.3 is 18.9 Å². The fraction of sp³-hybridized carbons (Fsp3) is 0.846. The average Bonchev–Trinajstić information content (AvgIpc) is 3.23. The second kappa shape index (κ2) is 44.4. The number of hydrogen-bond acceptors (Lipinski definition) is 7. The fourth-order valence-corrected chi connectivity index (χ4v) is 7.84. The molecule has 0 radical (unpaired) electrons. The third-order valence-electron chi connectivity index (χ3n) is 11.1. The van der Waals surface area contributed by atoms with E-state index in [4.69, 9.17) is 18.5 Å². The Morgan fingerprint density at radius 2 is 0.871 bits per heavy atom. The molecule has 0 aliphatic rings. The van der Waals surface area contributed by atoms with E-state index < -0.39 is 26.5 Å². The predicted octanol–water partition coefficient (Wildman–Crippen LogP) is 15.3. The molecule has 0 saturated carbocycles. The van der Waals surface area contributed by atoms with E-state index in [2.05, 4.69) is 50.3 Å². The van der Waals surface area contributed by atoms with Crippen LogP contribution in [0.1, 0.15) is 232 Å². The summed E-state index contributed by atoms with van der Waals surface area (Å²) in [5.74, 6) is -0.804. The molecule has 0 aromatic rings. The molecular weight excluding hydrogens is 798 g/mol. The summed E-state index contributed by atoms with van der Waals surface area (Å²) in [5, 5.41) is 0.